The predicted molar refractivity (Wildman–Crippen MR) is 114 cm³/mol. The zero-order valence-corrected chi connectivity index (χ0v) is 18.5. The van der Waals surface area contributed by atoms with E-state index < -0.39 is 27.3 Å². The van der Waals surface area contributed by atoms with Crippen molar-refractivity contribution in [2.75, 3.05) is 19.5 Å². The molecule has 0 radical (unpaired) electrons. The highest BCUT2D eigenvalue weighted by atomic mass is 32.2. The molecule has 1 N–H and O–H groups in total. The summed E-state index contributed by atoms with van der Waals surface area (Å²) < 4.78 is 33.6. The van der Waals surface area contributed by atoms with Crippen LogP contribution in [-0.2, 0) is 21.4 Å². The average molecular weight is 440 g/mol. The van der Waals surface area contributed by atoms with Gasteiger partial charge in [0.1, 0.15) is 5.75 Å². The van der Waals surface area contributed by atoms with Gasteiger partial charge in [0.15, 0.2) is 0 Å². The third-order valence-corrected chi connectivity index (χ3v) is 6.21. The minimum Gasteiger partial charge on any atom is -0.493 e. The van der Waals surface area contributed by atoms with E-state index in [0.29, 0.717) is 18.3 Å². The number of hydroxylamine groups is 1. The first-order valence-corrected chi connectivity index (χ1v) is 11.3. The number of nitrogens with one attached hydrogen (secondary N) is 1. The van der Waals surface area contributed by atoms with Gasteiger partial charge in [0.05, 0.1) is 25.5 Å². The lowest BCUT2D eigenvalue weighted by atomic mass is 10.1. The fraction of sp³-hybridized carbons (Fsp3) is 0.500. The molecular weight excluding hydrogens is 410 g/mol. The zero-order valence-electron chi connectivity index (χ0n) is 17.7. The summed E-state index contributed by atoms with van der Waals surface area (Å²) in [6, 6.07) is 7.89. The van der Waals surface area contributed by atoms with Crippen molar-refractivity contribution >= 4 is 10.0 Å². The lowest BCUT2D eigenvalue weighted by Gasteiger charge is -2.26. The Morgan fingerprint density at radius 2 is 1.90 bits per heavy atom. The molecule has 10 heteroatoms. The third-order valence-electron chi connectivity index (χ3n) is 4.39. The number of aromatic nitrogens is 2. The number of aryl methyl sites for hydroxylation is 1. The monoisotopic (exact) mass is 439 g/mol. The Morgan fingerprint density at radius 3 is 2.53 bits per heavy atom. The van der Waals surface area contributed by atoms with Gasteiger partial charge in [-0.3, -0.25) is 14.6 Å². The van der Waals surface area contributed by atoms with Crippen molar-refractivity contribution in [1.29, 1.82) is 0 Å². The van der Waals surface area contributed by atoms with Crippen LogP contribution in [0, 0.1) is 5.92 Å². The molecule has 0 bridgehead atoms. The molecule has 1 atom stereocenters. The molecule has 0 amide bonds. The summed E-state index contributed by atoms with van der Waals surface area (Å²) in [7, 11) is -2.46. The van der Waals surface area contributed by atoms with Crippen molar-refractivity contribution in [3.63, 3.8) is 0 Å². The van der Waals surface area contributed by atoms with E-state index in [1.807, 2.05) is 32.0 Å². The Bertz CT molecular complexity index is 1040. The minimum absolute atomic E-state index is 0.152. The predicted octanol–water partition coefficient (Wildman–Crippen LogP) is 1.92. The van der Waals surface area contributed by atoms with Crippen LogP contribution in [0.2, 0.25) is 0 Å². The maximum Gasteiger partial charge on any atom is 0.328 e. The molecular formula is C20H29N3O6S. The molecule has 1 aromatic heterocycles. The lowest BCUT2D eigenvalue weighted by molar-refractivity contribution is -0.0772. The first-order valence-electron chi connectivity index (χ1n) is 9.73. The lowest BCUT2D eigenvalue weighted by Crippen LogP contribution is -2.35. The molecule has 2 rings (SSSR count). The van der Waals surface area contributed by atoms with Gasteiger partial charge >= 0.3 is 5.69 Å². The van der Waals surface area contributed by atoms with Gasteiger partial charge < -0.3 is 9.30 Å². The third kappa shape index (κ3) is 6.54. The second kappa shape index (κ2) is 10.6. The van der Waals surface area contributed by atoms with Gasteiger partial charge in [-0.05, 0) is 37.0 Å². The van der Waals surface area contributed by atoms with Crippen LogP contribution in [-0.4, -0.2) is 41.9 Å². The summed E-state index contributed by atoms with van der Waals surface area (Å²) in [6.45, 7) is 6.54. The van der Waals surface area contributed by atoms with Gasteiger partial charge in [-0.1, -0.05) is 30.4 Å². The van der Waals surface area contributed by atoms with Gasteiger partial charge in [0.25, 0.3) is 5.56 Å². The number of aromatic amines is 1. The number of hydrogen-bond acceptors (Lipinski definition) is 6. The number of sulfonamides is 1. The molecule has 30 heavy (non-hydrogen) atoms. The number of rotatable bonds is 11. The molecule has 0 fully saturated rings. The van der Waals surface area contributed by atoms with E-state index in [2.05, 4.69) is 4.98 Å². The summed E-state index contributed by atoms with van der Waals surface area (Å²) in [5.74, 6) is 0.816. The number of hydrogen-bond donors (Lipinski definition) is 1. The molecule has 0 aliphatic rings. The SMILES string of the molecule is CON([C@H](C)c1cccc(OCC(C)C)c1)S(=O)(=O)CCCn1ccc(=O)[nH]c1=O. The Labute approximate surface area is 176 Å². The zero-order chi connectivity index (χ0) is 22.3. The van der Waals surface area contributed by atoms with Gasteiger partial charge in [-0.15, -0.1) is 0 Å². The summed E-state index contributed by atoms with van der Waals surface area (Å²) in [4.78, 5) is 30.2. The first-order chi connectivity index (χ1) is 14.1. The van der Waals surface area contributed by atoms with Crippen LogP contribution in [0.15, 0.2) is 46.1 Å². The van der Waals surface area contributed by atoms with Crippen molar-refractivity contribution in [2.45, 2.75) is 39.8 Å². The van der Waals surface area contributed by atoms with Crippen molar-refractivity contribution in [3.8, 4) is 5.75 Å². The van der Waals surface area contributed by atoms with Crippen molar-refractivity contribution < 1.29 is 18.0 Å². The van der Waals surface area contributed by atoms with Gasteiger partial charge in [0, 0.05) is 18.8 Å². The highest BCUT2D eigenvalue weighted by Gasteiger charge is 2.28. The molecule has 2 aromatic rings. The van der Waals surface area contributed by atoms with Crippen LogP contribution in [0.5, 0.6) is 5.75 Å². The largest absolute Gasteiger partial charge is 0.493 e. The molecule has 0 saturated carbocycles. The van der Waals surface area contributed by atoms with Crippen molar-refractivity contribution in [2.24, 2.45) is 5.92 Å². The minimum atomic E-state index is -3.77. The van der Waals surface area contributed by atoms with Crippen LogP contribution in [0.25, 0.3) is 0 Å². The Kier molecular flexibility index (Phi) is 8.39. The molecule has 0 unspecified atom stereocenters. The smallest absolute Gasteiger partial charge is 0.328 e. The molecule has 0 spiro atoms. The van der Waals surface area contributed by atoms with E-state index in [1.165, 1.54) is 23.9 Å². The first kappa shape index (κ1) is 23.8. The number of H-pyrrole nitrogens is 1. The fourth-order valence-corrected chi connectivity index (χ4v) is 4.39. The van der Waals surface area contributed by atoms with Crippen LogP contribution in [0.3, 0.4) is 0 Å². The van der Waals surface area contributed by atoms with E-state index >= 15 is 0 Å². The number of ether oxygens (including phenoxy) is 1. The molecule has 9 nitrogen and oxygen atoms in total. The molecule has 1 aromatic carbocycles. The van der Waals surface area contributed by atoms with Crippen molar-refractivity contribution in [1.82, 2.24) is 14.0 Å². The Hall–Kier alpha value is -2.43. The second-order valence-electron chi connectivity index (χ2n) is 7.36. The molecule has 0 aliphatic heterocycles. The fourth-order valence-electron chi connectivity index (χ4n) is 2.89. The summed E-state index contributed by atoms with van der Waals surface area (Å²) >= 11 is 0. The van der Waals surface area contributed by atoms with Gasteiger partial charge in [-0.2, -0.15) is 0 Å². The van der Waals surface area contributed by atoms with Crippen LogP contribution in [0.1, 0.15) is 38.8 Å². The number of benzene rings is 1. The highest BCUT2D eigenvalue weighted by Crippen LogP contribution is 2.27. The maximum atomic E-state index is 12.8. The number of nitrogens with zero attached hydrogens (tertiary/aromatic N) is 2. The van der Waals surface area contributed by atoms with Gasteiger partial charge in [0.2, 0.25) is 10.0 Å². The van der Waals surface area contributed by atoms with E-state index in [1.54, 1.807) is 13.0 Å². The molecule has 166 valence electrons. The van der Waals surface area contributed by atoms with E-state index in [4.69, 9.17) is 9.57 Å². The Balaban J connectivity index is 2.08. The van der Waals surface area contributed by atoms with E-state index in [9.17, 15) is 18.0 Å². The molecule has 0 aliphatic carbocycles. The quantitative estimate of drug-likeness (QED) is 0.536. The second-order valence-corrected chi connectivity index (χ2v) is 9.30. The summed E-state index contributed by atoms with van der Waals surface area (Å²) in [5, 5.41) is 0. The average Bonchev–Trinajstić information content (AvgIpc) is 2.68. The Morgan fingerprint density at radius 1 is 1.17 bits per heavy atom. The topological polar surface area (TPSA) is 111 Å². The standard InChI is InChI=1S/C20H29N3O6S/c1-15(2)14-29-18-8-5-7-17(13-18)16(3)23(28-4)30(26,27)12-6-10-22-11-9-19(24)21-20(22)25/h5,7-9,11,13,15-16H,6,10,12,14H2,1-4H3,(H,21,24,25)/t16-/m1/s1. The van der Waals surface area contributed by atoms with Crippen LogP contribution < -0.4 is 16.0 Å². The normalized spacial score (nSPS) is 13.0. The van der Waals surface area contributed by atoms with E-state index in [0.717, 1.165) is 10.0 Å². The van der Waals surface area contributed by atoms with Gasteiger partial charge in [-0.25, -0.2) is 13.2 Å². The summed E-state index contributed by atoms with van der Waals surface area (Å²) in [6.07, 6.45) is 1.52. The maximum absolute atomic E-state index is 12.8. The van der Waals surface area contributed by atoms with Crippen LogP contribution in [0.4, 0.5) is 0 Å². The molecule has 1 heterocycles. The highest BCUT2D eigenvalue weighted by molar-refractivity contribution is 7.88. The van der Waals surface area contributed by atoms with Crippen molar-refractivity contribution in [3.05, 3.63) is 62.9 Å². The van der Waals surface area contributed by atoms with Crippen LogP contribution >= 0.6 is 0 Å². The summed E-state index contributed by atoms with van der Waals surface area (Å²) in [5.41, 5.74) is -0.337. The van der Waals surface area contributed by atoms with E-state index in [-0.39, 0.29) is 18.7 Å². The molecule has 0 saturated heterocycles.